The van der Waals surface area contributed by atoms with Crippen LogP contribution in [-0.4, -0.2) is 36.9 Å². The first-order valence-corrected chi connectivity index (χ1v) is 7.07. The lowest BCUT2D eigenvalue weighted by Gasteiger charge is -2.28. The average molecular weight is 272 g/mol. The van der Waals surface area contributed by atoms with Crippen molar-refractivity contribution in [2.45, 2.75) is 38.8 Å². The lowest BCUT2D eigenvalue weighted by molar-refractivity contribution is -0.156. The highest BCUT2D eigenvalue weighted by molar-refractivity contribution is 5.94. The van der Waals surface area contributed by atoms with E-state index >= 15 is 0 Å². The van der Waals surface area contributed by atoms with E-state index in [9.17, 15) is 4.79 Å². The van der Waals surface area contributed by atoms with Crippen molar-refractivity contribution in [3.8, 4) is 0 Å². The van der Waals surface area contributed by atoms with Gasteiger partial charge in [0.15, 0.2) is 0 Å². The summed E-state index contributed by atoms with van der Waals surface area (Å²) in [4.78, 5) is 19.0. The normalized spacial score (nSPS) is 20.6. The largest absolute Gasteiger partial charge is 0.458 e. The highest BCUT2D eigenvalue weighted by Gasteiger charge is 2.38. The van der Waals surface area contributed by atoms with Gasteiger partial charge >= 0.3 is 5.97 Å². The second kappa shape index (κ2) is 4.62. The third kappa shape index (κ3) is 2.30. The van der Waals surface area contributed by atoms with Crippen LogP contribution in [0.5, 0.6) is 0 Å². The molecule has 3 rings (SSSR count). The molecule has 0 radical (unpaired) electrons. The molecule has 2 heterocycles. The molecule has 2 aliphatic heterocycles. The summed E-state index contributed by atoms with van der Waals surface area (Å²) in [5.74, 6) is -0.137. The zero-order chi connectivity index (χ0) is 14.3. The lowest BCUT2D eigenvalue weighted by Crippen LogP contribution is -2.43. The molecule has 1 atom stereocenters. The Kier molecular flexibility index (Phi) is 3.04. The molecule has 106 valence electrons. The first-order chi connectivity index (χ1) is 9.46. The zero-order valence-electron chi connectivity index (χ0n) is 12.2. The molecule has 1 aromatic carbocycles. The highest BCUT2D eigenvalue weighted by Crippen LogP contribution is 2.36. The summed E-state index contributed by atoms with van der Waals surface area (Å²) in [6, 6.07) is 5.96. The third-order valence-electron chi connectivity index (χ3n) is 3.61. The molecule has 0 aliphatic carbocycles. The predicted octanol–water partition coefficient (Wildman–Crippen LogP) is 2.19. The molecule has 4 nitrogen and oxygen atoms in total. The number of hydrogen-bond acceptors (Lipinski definition) is 4. The van der Waals surface area contributed by atoms with Crippen LogP contribution < -0.4 is 4.90 Å². The third-order valence-corrected chi connectivity index (χ3v) is 3.61. The van der Waals surface area contributed by atoms with Gasteiger partial charge in [0.1, 0.15) is 11.6 Å². The van der Waals surface area contributed by atoms with Gasteiger partial charge in [0, 0.05) is 30.4 Å². The summed E-state index contributed by atoms with van der Waals surface area (Å²) in [6.07, 6.45) is 2.64. The Morgan fingerprint density at radius 2 is 2.20 bits per heavy atom. The maximum absolute atomic E-state index is 12.4. The number of ether oxygens (including phenoxy) is 1. The molecule has 2 aliphatic rings. The van der Waals surface area contributed by atoms with Crippen LogP contribution in [0, 0.1) is 0 Å². The van der Waals surface area contributed by atoms with Gasteiger partial charge in [-0.3, -0.25) is 4.99 Å². The number of rotatable bonds is 1. The van der Waals surface area contributed by atoms with Crippen molar-refractivity contribution in [2.75, 3.05) is 18.0 Å². The number of esters is 1. The van der Waals surface area contributed by atoms with Gasteiger partial charge in [0.2, 0.25) is 0 Å². The molecule has 0 unspecified atom stereocenters. The van der Waals surface area contributed by atoms with Gasteiger partial charge in [-0.25, -0.2) is 4.79 Å². The summed E-state index contributed by atoms with van der Waals surface area (Å²) in [5, 5.41) is 0. The molecule has 0 spiro atoms. The number of para-hydroxylation sites is 1. The molecule has 4 heteroatoms. The van der Waals surface area contributed by atoms with Crippen molar-refractivity contribution < 1.29 is 9.53 Å². The quantitative estimate of drug-likeness (QED) is 0.736. The van der Waals surface area contributed by atoms with Crippen LogP contribution in [0.1, 0.15) is 31.9 Å². The van der Waals surface area contributed by atoms with Crippen LogP contribution in [-0.2, 0) is 16.0 Å². The minimum atomic E-state index is -0.447. The van der Waals surface area contributed by atoms with Crippen LogP contribution in [0.3, 0.4) is 0 Å². The first-order valence-electron chi connectivity index (χ1n) is 7.07. The van der Waals surface area contributed by atoms with Gasteiger partial charge in [-0.1, -0.05) is 18.2 Å². The van der Waals surface area contributed by atoms with Crippen LogP contribution in [0.2, 0.25) is 0 Å². The van der Waals surface area contributed by atoms with Gasteiger partial charge in [0.25, 0.3) is 0 Å². The fourth-order valence-electron chi connectivity index (χ4n) is 2.88. The Morgan fingerprint density at radius 3 is 2.95 bits per heavy atom. The van der Waals surface area contributed by atoms with Crippen molar-refractivity contribution in [3.63, 3.8) is 0 Å². The van der Waals surface area contributed by atoms with Gasteiger partial charge in [0.05, 0.1) is 6.54 Å². The van der Waals surface area contributed by atoms with E-state index in [4.69, 9.17) is 4.74 Å². The van der Waals surface area contributed by atoms with E-state index in [2.05, 4.69) is 22.0 Å². The van der Waals surface area contributed by atoms with E-state index in [1.807, 2.05) is 33.1 Å². The van der Waals surface area contributed by atoms with E-state index in [1.165, 1.54) is 5.56 Å². The maximum Gasteiger partial charge on any atom is 0.329 e. The van der Waals surface area contributed by atoms with Crippen LogP contribution in [0.4, 0.5) is 5.69 Å². The van der Waals surface area contributed by atoms with E-state index in [-0.39, 0.29) is 12.0 Å². The summed E-state index contributed by atoms with van der Waals surface area (Å²) in [5.41, 5.74) is 3.03. The second-order valence-corrected chi connectivity index (χ2v) is 6.34. The number of carbonyl (C=O) groups is 1. The summed E-state index contributed by atoms with van der Waals surface area (Å²) < 4.78 is 5.57. The van der Waals surface area contributed by atoms with E-state index < -0.39 is 5.60 Å². The number of anilines is 1. The van der Waals surface area contributed by atoms with E-state index in [0.717, 1.165) is 24.2 Å². The molecule has 0 amide bonds. The van der Waals surface area contributed by atoms with E-state index in [1.54, 1.807) is 0 Å². The molecule has 0 bridgehead atoms. The topological polar surface area (TPSA) is 41.9 Å². The Labute approximate surface area is 119 Å². The molecule has 0 fully saturated rings. The fourth-order valence-corrected chi connectivity index (χ4v) is 2.88. The Bertz CT molecular complexity index is 572. The average Bonchev–Trinajstić information content (AvgIpc) is 2.58. The molecule has 0 aromatic heterocycles. The molecule has 0 N–H and O–H groups in total. The summed E-state index contributed by atoms with van der Waals surface area (Å²) >= 11 is 0. The van der Waals surface area contributed by atoms with Gasteiger partial charge in [-0.2, -0.15) is 0 Å². The van der Waals surface area contributed by atoms with Crippen molar-refractivity contribution >= 4 is 17.9 Å². The van der Waals surface area contributed by atoms with Gasteiger partial charge in [-0.15, -0.1) is 0 Å². The Hall–Kier alpha value is -1.84. The monoisotopic (exact) mass is 272 g/mol. The molecular formula is C16H20N2O2. The standard InChI is InChI=1S/C16H20N2O2/c1-16(2,3)20-15(19)13-9-11-5-4-6-12-10-17-7-8-18(13)14(11)12/h4-6,10,13H,7-9H2,1-3H3/t13-/m0/s1. The van der Waals surface area contributed by atoms with Crippen LogP contribution in [0.15, 0.2) is 23.2 Å². The van der Waals surface area contributed by atoms with Gasteiger partial charge in [-0.05, 0) is 26.3 Å². The molecule has 1 aromatic rings. The molecular weight excluding hydrogens is 252 g/mol. The minimum Gasteiger partial charge on any atom is -0.458 e. The second-order valence-electron chi connectivity index (χ2n) is 6.34. The van der Waals surface area contributed by atoms with Crippen LogP contribution >= 0.6 is 0 Å². The van der Waals surface area contributed by atoms with Gasteiger partial charge < -0.3 is 9.64 Å². The smallest absolute Gasteiger partial charge is 0.329 e. The summed E-state index contributed by atoms with van der Waals surface area (Å²) in [7, 11) is 0. The number of nitrogens with zero attached hydrogens (tertiary/aromatic N) is 2. The Balaban J connectivity index is 1.92. The van der Waals surface area contributed by atoms with Crippen LogP contribution in [0.25, 0.3) is 0 Å². The van der Waals surface area contributed by atoms with E-state index in [0.29, 0.717) is 6.54 Å². The van der Waals surface area contributed by atoms with Crippen molar-refractivity contribution in [1.29, 1.82) is 0 Å². The molecule has 20 heavy (non-hydrogen) atoms. The minimum absolute atomic E-state index is 0.137. The summed E-state index contributed by atoms with van der Waals surface area (Å²) in [6.45, 7) is 7.20. The zero-order valence-corrected chi connectivity index (χ0v) is 12.2. The SMILES string of the molecule is CC(C)(C)OC(=O)[C@@H]1Cc2cccc3c2N1CCN=C3. The Morgan fingerprint density at radius 1 is 1.40 bits per heavy atom. The predicted molar refractivity (Wildman–Crippen MR) is 79.6 cm³/mol. The number of hydrogen-bond donors (Lipinski definition) is 0. The fraction of sp³-hybridized carbons (Fsp3) is 0.500. The molecule has 0 saturated heterocycles. The van der Waals surface area contributed by atoms with Crippen molar-refractivity contribution in [1.82, 2.24) is 0 Å². The lowest BCUT2D eigenvalue weighted by atomic mass is 10.1. The highest BCUT2D eigenvalue weighted by atomic mass is 16.6. The van der Waals surface area contributed by atoms with Crippen molar-refractivity contribution in [2.24, 2.45) is 4.99 Å². The number of aliphatic imine (C=N–C) groups is 1. The van der Waals surface area contributed by atoms with Crippen molar-refractivity contribution in [3.05, 3.63) is 29.3 Å². The number of carbonyl (C=O) groups excluding carboxylic acids is 1. The molecule has 0 saturated carbocycles. The first kappa shape index (κ1) is 13.2. The number of benzene rings is 1. The maximum atomic E-state index is 12.4.